The molecule has 0 bridgehead atoms. The van der Waals surface area contributed by atoms with Gasteiger partial charge in [0.2, 0.25) is 0 Å². The van der Waals surface area contributed by atoms with E-state index < -0.39 is 0 Å². The lowest BCUT2D eigenvalue weighted by Crippen LogP contribution is -2.04. The summed E-state index contributed by atoms with van der Waals surface area (Å²) in [7, 11) is 0. The largest absolute Gasteiger partial charge is 0.207 e. The lowest BCUT2D eigenvalue weighted by Gasteiger charge is -2.16. The van der Waals surface area contributed by atoms with Crippen LogP contribution in [0.1, 0.15) is 31.7 Å². The maximum absolute atomic E-state index is 12.7. The predicted octanol–water partition coefficient (Wildman–Crippen LogP) is 4.35. The molecule has 0 fully saturated rings. The average molecular weight is 259 g/mol. The van der Waals surface area contributed by atoms with Crippen molar-refractivity contribution in [2.75, 3.05) is 5.33 Å². The van der Waals surface area contributed by atoms with Crippen molar-refractivity contribution in [1.82, 2.24) is 0 Å². The maximum Gasteiger partial charge on any atom is 0.123 e. The van der Waals surface area contributed by atoms with Crippen molar-refractivity contribution in [2.45, 2.75) is 26.2 Å². The third-order valence-corrected chi connectivity index (χ3v) is 3.07. The summed E-state index contributed by atoms with van der Waals surface area (Å²) >= 11 is 3.51. The minimum atomic E-state index is -0.161. The Morgan fingerprint density at radius 1 is 1.21 bits per heavy atom. The number of benzene rings is 1. The van der Waals surface area contributed by atoms with Gasteiger partial charge in [0, 0.05) is 5.33 Å². The third-order valence-electron chi connectivity index (χ3n) is 2.28. The molecule has 0 N–H and O–H groups in total. The Morgan fingerprint density at radius 2 is 1.79 bits per heavy atom. The van der Waals surface area contributed by atoms with E-state index in [2.05, 4.69) is 29.8 Å². The molecule has 1 aromatic rings. The van der Waals surface area contributed by atoms with Gasteiger partial charge in [-0.15, -0.1) is 0 Å². The molecule has 0 aliphatic heterocycles. The zero-order chi connectivity index (χ0) is 10.6. The molecule has 1 aromatic carbocycles. The first-order valence-electron chi connectivity index (χ1n) is 4.95. The summed E-state index contributed by atoms with van der Waals surface area (Å²) < 4.78 is 12.7. The summed E-state index contributed by atoms with van der Waals surface area (Å²) in [4.78, 5) is 0. The molecule has 0 heterocycles. The summed E-state index contributed by atoms with van der Waals surface area (Å²) in [6.45, 7) is 4.42. The van der Waals surface area contributed by atoms with Crippen LogP contribution in [-0.4, -0.2) is 5.33 Å². The number of rotatable bonds is 4. The van der Waals surface area contributed by atoms with Crippen LogP contribution >= 0.6 is 15.9 Å². The fourth-order valence-corrected chi connectivity index (χ4v) is 2.23. The fraction of sp³-hybridized carbons (Fsp3) is 0.500. The minimum absolute atomic E-state index is 0.161. The standard InChI is InChI=1S/C12H16BrF/c1-9(2)7-11(8-13)10-3-5-12(14)6-4-10/h3-6,9,11H,7-8H2,1-2H3. The van der Waals surface area contributed by atoms with Crippen LogP contribution in [0.25, 0.3) is 0 Å². The van der Waals surface area contributed by atoms with Gasteiger partial charge in [0.15, 0.2) is 0 Å². The van der Waals surface area contributed by atoms with E-state index in [1.165, 1.54) is 17.7 Å². The van der Waals surface area contributed by atoms with Crippen molar-refractivity contribution in [3.63, 3.8) is 0 Å². The van der Waals surface area contributed by atoms with E-state index in [4.69, 9.17) is 0 Å². The number of hydrogen-bond acceptors (Lipinski definition) is 0. The molecular formula is C12H16BrF. The highest BCUT2D eigenvalue weighted by molar-refractivity contribution is 9.09. The van der Waals surface area contributed by atoms with Gasteiger partial charge >= 0.3 is 0 Å². The van der Waals surface area contributed by atoms with Crippen molar-refractivity contribution >= 4 is 15.9 Å². The van der Waals surface area contributed by atoms with Crippen LogP contribution in [0, 0.1) is 11.7 Å². The Morgan fingerprint density at radius 3 is 2.21 bits per heavy atom. The van der Waals surface area contributed by atoms with E-state index in [0.717, 1.165) is 11.8 Å². The molecule has 2 heteroatoms. The SMILES string of the molecule is CC(C)CC(CBr)c1ccc(F)cc1. The highest BCUT2D eigenvalue weighted by Crippen LogP contribution is 2.25. The molecule has 1 unspecified atom stereocenters. The monoisotopic (exact) mass is 258 g/mol. The van der Waals surface area contributed by atoms with E-state index >= 15 is 0 Å². The Balaban J connectivity index is 2.73. The van der Waals surface area contributed by atoms with Crippen molar-refractivity contribution < 1.29 is 4.39 Å². The fourth-order valence-electron chi connectivity index (χ4n) is 1.59. The van der Waals surface area contributed by atoms with Crippen molar-refractivity contribution in [2.24, 2.45) is 5.92 Å². The first-order valence-corrected chi connectivity index (χ1v) is 6.07. The Kier molecular flexibility index (Phi) is 4.59. The molecule has 0 saturated heterocycles. The van der Waals surface area contributed by atoms with Gasteiger partial charge in [-0.2, -0.15) is 0 Å². The molecule has 0 aromatic heterocycles. The normalized spacial score (nSPS) is 13.2. The van der Waals surface area contributed by atoms with Crippen LogP contribution in [0.3, 0.4) is 0 Å². The molecule has 0 nitrogen and oxygen atoms in total. The van der Waals surface area contributed by atoms with Gasteiger partial charge < -0.3 is 0 Å². The Hall–Kier alpha value is -0.370. The number of hydrogen-bond donors (Lipinski definition) is 0. The van der Waals surface area contributed by atoms with E-state index in [1.807, 2.05) is 12.1 Å². The minimum Gasteiger partial charge on any atom is -0.207 e. The van der Waals surface area contributed by atoms with E-state index in [0.29, 0.717) is 11.8 Å². The smallest absolute Gasteiger partial charge is 0.123 e. The van der Waals surface area contributed by atoms with Gasteiger partial charge in [0.25, 0.3) is 0 Å². The Labute approximate surface area is 93.7 Å². The van der Waals surface area contributed by atoms with Crippen molar-refractivity contribution in [1.29, 1.82) is 0 Å². The highest BCUT2D eigenvalue weighted by Gasteiger charge is 2.11. The number of halogens is 2. The van der Waals surface area contributed by atoms with Gasteiger partial charge in [-0.05, 0) is 36.0 Å². The van der Waals surface area contributed by atoms with Crippen molar-refractivity contribution in [3.05, 3.63) is 35.6 Å². The van der Waals surface area contributed by atoms with Gasteiger partial charge in [-0.25, -0.2) is 4.39 Å². The van der Waals surface area contributed by atoms with Crippen molar-refractivity contribution in [3.8, 4) is 0 Å². The molecule has 78 valence electrons. The number of alkyl halides is 1. The molecule has 0 aliphatic rings. The van der Waals surface area contributed by atoms with Crippen LogP contribution in [0.4, 0.5) is 4.39 Å². The van der Waals surface area contributed by atoms with Crippen LogP contribution < -0.4 is 0 Å². The summed E-state index contributed by atoms with van der Waals surface area (Å²) in [5.74, 6) is 1.00. The van der Waals surface area contributed by atoms with E-state index in [1.54, 1.807) is 0 Å². The molecule has 0 spiro atoms. The molecule has 0 radical (unpaired) electrons. The van der Waals surface area contributed by atoms with Crippen LogP contribution in [0.15, 0.2) is 24.3 Å². The first-order chi connectivity index (χ1) is 6.63. The van der Waals surface area contributed by atoms with Gasteiger partial charge in [0.05, 0.1) is 0 Å². The van der Waals surface area contributed by atoms with Crippen LogP contribution in [-0.2, 0) is 0 Å². The average Bonchev–Trinajstić information content (AvgIpc) is 2.15. The molecule has 1 atom stereocenters. The van der Waals surface area contributed by atoms with E-state index in [9.17, 15) is 4.39 Å². The molecule has 0 saturated carbocycles. The third kappa shape index (κ3) is 3.41. The highest BCUT2D eigenvalue weighted by atomic mass is 79.9. The van der Waals surface area contributed by atoms with Gasteiger partial charge in [-0.3, -0.25) is 0 Å². The van der Waals surface area contributed by atoms with E-state index in [-0.39, 0.29) is 5.82 Å². The maximum atomic E-state index is 12.7. The molecule has 1 rings (SSSR count). The quantitative estimate of drug-likeness (QED) is 0.705. The summed E-state index contributed by atoms with van der Waals surface area (Å²) in [6.07, 6.45) is 1.14. The topological polar surface area (TPSA) is 0 Å². The molecule has 0 amide bonds. The van der Waals surface area contributed by atoms with Crippen LogP contribution in [0.2, 0.25) is 0 Å². The predicted molar refractivity (Wildman–Crippen MR) is 62.4 cm³/mol. The summed E-state index contributed by atoms with van der Waals surface area (Å²) in [6, 6.07) is 6.82. The molecule has 0 aliphatic carbocycles. The van der Waals surface area contributed by atoms with Gasteiger partial charge in [-0.1, -0.05) is 41.9 Å². The zero-order valence-electron chi connectivity index (χ0n) is 8.63. The zero-order valence-corrected chi connectivity index (χ0v) is 10.2. The first kappa shape index (κ1) is 11.7. The second kappa shape index (κ2) is 5.50. The second-order valence-electron chi connectivity index (χ2n) is 4.03. The lowest BCUT2D eigenvalue weighted by atomic mass is 9.92. The molecular weight excluding hydrogens is 243 g/mol. The summed E-state index contributed by atoms with van der Waals surface area (Å²) in [5, 5.41) is 0.941. The van der Waals surface area contributed by atoms with Crippen LogP contribution in [0.5, 0.6) is 0 Å². The molecule has 14 heavy (non-hydrogen) atoms. The lowest BCUT2D eigenvalue weighted by molar-refractivity contribution is 0.528. The second-order valence-corrected chi connectivity index (χ2v) is 4.68. The van der Waals surface area contributed by atoms with Gasteiger partial charge in [0.1, 0.15) is 5.82 Å². The summed E-state index contributed by atoms with van der Waals surface area (Å²) in [5.41, 5.74) is 1.22. The Bertz CT molecular complexity index is 266.